The van der Waals surface area contributed by atoms with Crippen molar-refractivity contribution in [3.8, 4) is 0 Å². The zero-order valence-electron chi connectivity index (χ0n) is 9.85. The maximum Gasteiger partial charge on any atom is 0.419 e. The van der Waals surface area contributed by atoms with Crippen LogP contribution in [0.2, 0.25) is 0 Å². The van der Waals surface area contributed by atoms with Crippen LogP contribution in [-0.4, -0.2) is 6.18 Å². The van der Waals surface area contributed by atoms with Gasteiger partial charge in [-0.15, -0.1) is 12.4 Å². The Morgan fingerprint density at radius 1 is 1.05 bits per heavy atom. The minimum atomic E-state index is -5.00. The first-order valence-electron chi connectivity index (χ1n) is 5.20. The van der Waals surface area contributed by atoms with Crippen LogP contribution in [-0.2, 0) is 6.18 Å². The van der Waals surface area contributed by atoms with E-state index in [9.17, 15) is 30.7 Å². The third-order valence-electron chi connectivity index (χ3n) is 2.47. The predicted molar refractivity (Wildman–Crippen MR) is 60.9 cm³/mol. The number of hydrogen-bond donors (Lipinski definition) is 1. The summed E-state index contributed by atoms with van der Waals surface area (Å²) in [6.45, 7) is 0. The normalized spacial score (nSPS) is 13.8. The van der Waals surface area contributed by atoms with Crippen molar-refractivity contribution in [1.29, 1.82) is 0 Å². The number of benzene rings is 1. The smallest absolute Gasteiger partial charge is 0.324 e. The van der Waals surface area contributed by atoms with Crippen LogP contribution in [0, 0.1) is 5.82 Å². The number of halogens is 8. The fourth-order valence-electron chi connectivity index (χ4n) is 1.62. The highest BCUT2D eigenvalue weighted by atomic mass is 35.5. The van der Waals surface area contributed by atoms with Crippen LogP contribution in [0.3, 0.4) is 0 Å². The van der Waals surface area contributed by atoms with E-state index in [1.54, 1.807) is 0 Å². The van der Waals surface area contributed by atoms with Gasteiger partial charge in [0.15, 0.2) is 0 Å². The average Bonchev–Trinajstić information content (AvgIpc) is 2.22. The largest absolute Gasteiger partial charge is 0.419 e. The molecule has 0 saturated carbocycles. The lowest BCUT2D eigenvalue weighted by Crippen LogP contribution is -2.21. The van der Waals surface area contributed by atoms with Gasteiger partial charge in [-0.25, -0.2) is 4.39 Å². The van der Waals surface area contributed by atoms with Crippen molar-refractivity contribution >= 4 is 12.4 Å². The molecule has 116 valence electrons. The first-order valence-corrected chi connectivity index (χ1v) is 5.20. The molecule has 0 spiro atoms. The van der Waals surface area contributed by atoms with E-state index in [1.165, 1.54) is 0 Å². The molecule has 0 bridgehead atoms. The van der Waals surface area contributed by atoms with Crippen molar-refractivity contribution in [2.24, 2.45) is 5.73 Å². The standard InChI is InChI=1S/C11H10F7N.ClH/c12-7-3-1-2-6(9(7)11(16,17)18)8(19)4-5-10(13,14)15;/h1-3,8H,4-5,19H2;1H/t8-;/m1./s1. The summed E-state index contributed by atoms with van der Waals surface area (Å²) in [6.07, 6.45) is -11.6. The first-order chi connectivity index (χ1) is 8.52. The van der Waals surface area contributed by atoms with Gasteiger partial charge in [0.25, 0.3) is 0 Å². The van der Waals surface area contributed by atoms with Gasteiger partial charge in [-0.1, -0.05) is 12.1 Å². The van der Waals surface area contributed by atoms with Gasteiger partial charge in [-0.3, -0.25) is 0 Å². The second-order valence-electron chi connectivity index (χ2n) is 3.96. The molecule has 0 aliphatic heterocycles. The van der Waals surface area contributed by atoms with Gasteiger partial charge < -0.3 is 5.73 Å². The maximum atomic E-state index is 13.2. The summed E-state index contributed by atoms with van der Waals surface area (Å²) < 4.78 is 87.0. The summed E-state index contributed by atoms with van der Waals surface area (Å²) in [5, 5.41) is 0. The molecular weight excluding hydrogens is 315 g/mol. The molecule has 0 radical (unpaired) electrons. The zero-order chi connectivity index (χ0) is 14.8. The summed E-state index contributed by atoms with van der Waals surface area (Å²) in [7, 11) is 0. The molecule has 0 amide bonds. The van der Waals surface area contributed by atoms with Crippen LogP contribution in [0.1, 0.15) is 30.0 Å². The second kappa shape index (κ2) is 6.62. The third-order valence-corrected chi connectivity index (χ3v) is 2.47. The number of rotatable bonds is 3. The fourth-order valence-corrected chi connectivity index (χ4v) is 1.62. The number of nitrogens with two attached hydrogens (primary N) is 1. The fraction of sp³-hybridized carbons (Fsp3) is 0.455. The topological polar surface area (TPSA) is 26.0 Å². The molecule has 20 heavy (non-hydrogen) atoms. The summed E-state index contributed by atoms with van der Waals surface area (Å²) in [4.78, 5) is 0. The summed E-state index contributed by atoms with van der Waals surface area (Å²) >= 11 is 0. The molecule has 9 heteroatoms. The van der Waals surface area contributed by atoms with Crippen molar-refractivity contribution in [2.45, 2.75) is 31.2 Å². The van der Waals surface area contributed by atoms with E-state index in [4.69, 9.17) is 5.73 Å². The Morgan fingerprint density at radius 3 is 2.05 bits per heavy atom. The van der Waals surface area contributed by atoms with E-state index in [2.05, 4.69) is 0 Å². The van der Waals surface area contributed by atoms with Crippen molar-refractivity contribution in [3.05, 3.63) is 35.1 Å². The van der Waals surface area contributed by atoms with Gasteiger partial charge in [-0.2, -0.15) is 26.3 Å². The van der Waals surface area contributed by atoms with Gasteiger partial charge in [0, 0.05) is 12.5 Å². The molecule has 2 N–H and O–H groups in total. The van der Waals surface area contributed by atoms with Gasteiger partial charge in [-0.05, 0) is 18.1 Å². The van der Waals surface area contributed by atoms with E-state index < -0.39 is 48.2 Å². The Labute approximate surface area is 116 Å². The van der Waals surface area contributed by atoms with Crippen molar-refractivity contribution in [3.63, 3.8) is 0 Å². The molecule has 1 nitrogen and oxygen atoms in total. The highest BCUT2D eigenvalue weighted by Gasteiger charge is 2.38. The monoisotopic (exact) mass is 325 g/mol. The quantitative estimate of drug-likeness (QED) is 0.807. The van der Waals surface area contributed by atoms with Crippen molar-refractivity contribution in [2.75, 3.05) is 0 Å². The molecule has 0 aliphatic carbocycles. The van der Waals surface area contributed by atoms with Crippen LogP contribution in [0.15, 0.2) is 18.2 Å². The minimum absolute atomic E-state index is 0. The predicted octanol–water partition coefficient (Wildman–Crippen LogP) is 4.61. The molecule has 0 aliphatic rings. The molecule has 0 aromatic heterocycles. The highest BCUT2D eigenvalue weighted by molar-refractivity contribution is 5.85. The van der Waals surface area contributed by atoms with E-state index in [-0.39, 0.29) is 12.4 Å². The number of hydrogen-bond acceptors (Lipinski definition) is 1. The van der Waals surface area contributed by atoms with Gasteiger partial charge >= 0.3 is 12.4 Å². The van der Waals surface area contributed by atoms with E-state index in [0.29, 0.717) is 6.07 Å². The lowest BCUT2D eigenvalue weighted by molar-refractivity contribution is -0.141. The lowest BCUT2D eigenvalue weighted by atomic mass is 9.96. The van der Waals surface area contributed by atoms with Gasteiger partial charge in [0.05, 0.1) is 5.56 Å². The molecule has 1 aromatic carbocycles. The second-order valence-corrected chi connectivity index (χ2v) is 3.96. The first kappa shape index (κ1) is 19.0. The molecule has 1 atom stereocenters. The third kappa shape index (κ3) is 5.16. The van der Waals surface area contributed by atoms with Crippen LogP contribution < -0.4 is 5.73 Å². The maximum absolute atomic E-state index is 13.2. The lowest BCUT2D eigenvalue weighted by Gasteiger charge is -2.19. The van der Waals surface area contributed by atoms with Crippen LogP contribution >= 0.6 is 12.4 Å². The van der Waals surface area contributed by atoms with Crippen LogP contribution in [0.5, 0.6) is 0 Å². The Balaban J connectivity index is 0.00000361. The Bertz CT molecular complexity index is 441. The van der Waals surface area contributed by atoms with E-state index >= 15 is 0 Å². The van der Waals surface area contributed by atoms with Crippen molar-refractivity contribution in [1.82, 2.24) is 0 Å². The molecular formula is C11H11ClF7N. The number of alkyl halides is 6. The Hall–Kier alpha value is -1.02. The highest BCUT2D eigenvalue weighted by Crippen LogP contribution is 2.37. The van der Waals surface area contributed by atoms with E-state index in [0.717, 1.165) is 12.1 Å². The molecule has 0 unspecified atom stereocenters. The molecule has 0 fully saturated rings. The SMILES string of the molecule is Cl.N[C@H](CCC(F)(F)F)c1cccc(F)c1C(F)(F)F. The molecule has 1 aromatic rings. The Morgan fingerprint density at radius 2 is 1.60 bits per heavy atom. The average molecular weight is 326 g/mol. The Kier molecular flexibility index (Phi) is 6.28. The van der Waals surface area contributed by atoms with Crippen molar-refractivity contribution < 1.29 is 30.7 Å². The van der Waals surface area contributed by atoms with Crippen LogP contribution in [0.4, 0.5) is 30.7 Å². The molecule has 0 heterocycles. The minimum Gasteiger partial charge on any atom is -0.324 e. The summed E-state index contributed by atoms with van der Waals surface area (Å²) in [6, 6.07) is 0.914. The molecule has 1 rings (SSSR count). The van der Waals surface area contributed by atoms with Gasteiger partial charge in [0.1, 0.15) is 5.82 Å². The van der Waals surface area contributed by atoms with Gasteiger partial charge in [0.2, 0.25) is 0 Å². The zero-order valence-corrected chi connectivity index (χ0v) is 10.7. The summed E-state index contributed by atoms with van der Waals surface area (Å²) in [5.74, 6) is -1.55. The summed E-state index contributed by atoms with van der Waals surface area (Å²) in [5.41, 5.74) is 3.03. The molecule has 0 saturated heterocycles. The van der Waals surface area contributed by atoms with Crippen LogP contribution in [0.25, 0.3) is 0 Å². The van der Waals surface area contributed by atoms with E-state index in [1.807, 2.05) is 0 Å².